The molecule has 2 heterocycles. The Hall–Kier alpha value is -7.17. The zero-order valence-electron chi connectivity index (χ0n) is 28.6. The minimum atomic E-state index is 0.631. The molecule has 0 atom stereocenters. The molecule has 0 unspecified atom stereocenters. The minimum absolute atomic E-state index is 0.631. The van der Waals surface area contributed by atoms with E-state index in [2.05, 4.69) is 121 Å². The Morgan fingerprint density at radius 3 is 1.47 bits per heavy atom. The Morgan fingerprint density at radius 2 is 0.811 bits per heavy atom. The van der Waals surface area contributed by atoms with Crippen LogP contribution in [0.3, 0.4) is 0 Å². The molecule has 10 rings (SSSR count). The highest BCUT2D eigenvalue weighted by Crippen LogP contribution is 2.44. The first-order valence-electron chi connectivity index (χ1n) is 17.8. The van der Waals surface area contributed by atoms with Crippen molar-refractivity contribution in [2.75, 3.05) is 0 Å². The molecule has 0 amide bonds. The average Bonchev–Trinajstić information content (AvgIpc) is 3.64. The number of nitrogens with zero attached hydrogens (tertiary/aromatic N) is 3. The highest BCUT2D eigenvalue weighted by atomic mass is 16.3. The summed E-state index contributed by atoms with van der Waals surface area (Å²) >= 11 is 0. The summed E-state index contributed by atoms with van der Waals surface area (Å²) in [7, 11) is 0. The lowest BCUT2D eigenvalue weighted by Crippen LogP contribution is -2.00. The number of aromatic nitrogens is 3. The van der Waals surface area contributed by atoms with E-state index in [9.17, 15) is 0 Å². The van der Waals surface area contributed by atoms with Gasteiger partial charge in [0.25, 0.3) is 0 Å². The van der Waals surface area contributed by atoms with Crippen LogP contribution in [-0.4, -0.2) is 15.0 Å². The predicted octanol–water partition coefficient (Wildman–Crippen LogP) is 12.9. The van der Waals surface area contributed by atoms with Crippen LogP contribution in [0.1, 0.15) is 0 Å². The molecule has 4 heteroatoms. The summed E-state index contributed by atoms with van der Waals surface area (Å²) < 4.78 is 6.73. The van der Waals surface area contributed by atoms with Crippen molar-refractivity contribution in [2.24, 2.45) is 0 Å². The van der Waals surface area contributed by atoms with Crippen molar-refractivity contribution in [3.05, 3.63) is 188 Å². The van der Waals surface area contributed by atoms with Gasteiger partial charge < -0.3 is 4.42 Å². The summed E-state index contributed by atoms with van der Waals surface area (Å²) in [5.74, 6) is 1.92. The number of hydrogen-bond acceptors (Lipinski definition) is 4. The zero-order chi connectivity index (χ0) is 35.1. The molecule has 53 heavy (non-hydrogen) atoms. The van der Waals surface area contributed by atoms with Crippen molar-refractivity contribution in [1.29, 1.82) is 0 Å². The van der Waals surface area contributed by atoms with Crippen molar-refractivity contribution >= 4 is 32.7 Å². The van der Waals surface area contributed by atoms with Crippen LogP contribution in [0.5, 0.6) is 0 Å². The molecule has 8 aromatic carbocycles. The second kappa shape index (κ2) is 12.9. The molecule has 0 radical (unpaired) electrons. The first-order chi connectivity index (χ1) is 26.3. The third-order valence-corrected chi connectivity index (χ3v) is 9.90. The summed E-state index contributed by atoms with van der Waals surface area (Å²) in [4.78, 5) is 14.8. The molecule has 248 valence electrons. The van der Waals surface area contributed by atoms with E-state index in [-0.39, 0.29) is 0 Å². The van der Waals surface area contributed by atoms with Gasteiger partial charge in [0.05, 0.1) is 0 Å². The van der Waals surface area contributed by atoms with Crippen molar-refractivity contribution < 1.29 is 4.42 Å². The van der Waals surface area contributed by atoms with Crippen molar-refractivity contribution in [3.63, 3.8) is 0 Å². The third kappa shape index (κ3) is 5.54. The van der Waals surface area contributed by atoms with Gasteiger partial charge >= 0.3 is 0 Å². The molecular formula is C49H31N3O. The maximum atomic E-state index is 6.73. The molecule has 0 aliphatic heterocycles. The molecule has 0 saturated heterocycles. The van der Waals surface area contributed by atoms with Gasteiger partial charge in [0.1, 0.15) is 11.2 Å². The van der Waals surface area contributed by atoms with Gasteiger partial charge in [-0.25, -0.2) is 15.0 Å². The molecule has 0 N–H and O–H groups in total. The fraction of sp³-hybridized carbons (Fsp3) is 0. The maximum absolute atomic E-state index is 6.73. The van der Waals surface area contributed by atoms with E-state index >= 15 is 0 Å². The third-order valence-electron chi connectivity index (χ3n) is 9.90. The van der Waals surface area contributed by atoms with Crippen LogP contribution < -0.4 is 0 Å². The molecule has 0 bridgehead atoms. The number of para-hydroxylation sites is 1. The Labute approximate surface area is 306 Å². The minimum Gasteiger partial charge on any atom is -0.455 e. The van der Waals surface area contributed by atoms with Crippen LogP contribution in [0, 0.1) is 0 Å². The number of furan rings is 1. The Balaban J connectivity index is 1.12. The fourth-order valence-corrected chi connectivity index (χ4v) is 7.39. The predicted molar refractivity (Wildman–Crippen MR) is 217 cm³/mol. The van der Waals surface area contributed by atoms with Gasteiger partial charge in [-0.05, 0) is 63.0 Å². The van der Waals surface area contributed by atoms with Gasteiger partial charge in [0.15, 0.2) is 17.5 Å². The van der Waals surface area contributed by atoms with E-state index in [1.165, 1.54) is 5.56 Å². The lowest BCUT2D eigenvalue weighted by Gasteiger charge is -2.13. The monoisotopic (exact) mass is 677 g/mol. The van der Waals surface area contributed by atoms with Crippen LogP contribution in [0.15, 0.2) is 192 Å². The van der Waals surface area contributed by atoms with E-state index in [0.29, 0.717) is 17.5 Å². The first-order valence-corrected chi connectivity index (χ1v) is 17.8. The standard InChI is InChI=1S/C49H31N3O/c1-4-15-32(16-5-1)40-27-14-24-38-31-42(45-41-26-10-11-28-43(41)53-46(45)44(38)40)37-23-12-21-35(29-37)36-22-13-25-39(30-36)49-51-47(33-17-6-2-7-18-33)50-48(52-49)34-19-8-3-9-20-34/h1-31H. The molecule has 0 spiro atoms. The van der Waals surface area contributed by atoms with Crippen molar-refractivity contribution in [3.8, 4) is 67.5 Å². The van der Waals surface area contributed by atoms with Gasteiger partial charge in [-0.3, -0.25) is 0 Å². The Morgan fingerprint density at radius 1 is 0.321 bits per heavy atom. The van der Waals surface area contributed by atoms with Crippen LogP contribution in [0.25, 0.3) is 100 Å². The molecule has 0 fully saturated rings. The number of fused-ring (bicyclic) bond motifs is 5. The largest absolute Gasteiger partial charge is 0.455 e. The normalized spacial score (nSPS) is 11.4. The molecule has 4 nitrogen and oxygen atoms in total. The number of hydrogen-bond donors (Lipinski definition) is 0. The molecule has 0 aliphatic carbocycles. The topological polar surface area (TPSA) is 51.8 Å². The Kier molecular flexibility index (Phi) is 7.43. The summed E-state index contributed by atoms with van der Waals surface area (Å²) in [5, 5.41) is 4.49. The fourth-order valence-electron chi connectivity index (χ4n) is 7.39. The molecule has 0 saturated carbocycles. The van der Waals surface area contributed by atoms with E-state index < -0.39 is 0 Å². The van der Waals surface area contributed by atoms with Crippen LogP contribution in [-0.2, 0) is 0 Å². The quantitative estimate of drug-likeness (QED) is 0.176. The molecule has 2 aromatic heterocycles. The second-order valence-electron chi connectivity index (χ2n) is 13.2. The lowest BCUT2D eigenvalue weighted by atomic mass is 9.90. The average molecular weight is 678 g/mol. The lowest BCUT2D eigenvalue weighted by molar-refractivity contribution is 0.673. The second-order valence-corrected chi connectivity index (χ2v) is 13.2. The van der Waals surface area contributed by atoms with Crippen LogP contribution >= 0.6 is 0 Å². The van der Waals surface area contributed by atoms with Crippen LogP contribution in [0.4, 0.5) is 0 Å². The molecule has 0 aliphatic rings. The summed E-state index contributed by atoms with van der Waals surface area (Å²) in [6.45, 7) is 0. The highest BCUT2D eigenvalue weighted by Gasteiger charge is 2.19. The molecule has 10 aromatic rings. The highest BCUT2D eigenvalue weighted by molar-refractivity contribution is 6.24. The zero-order valence-corrected chi connectivity index (χ0v) is 28.6. The summed E-state index contributed by atoms with van der Waals surface area (Å²) in [6.07, 6.45) is 0. The van der Waals surface area contributed by atoms with Gasteiger partial charge in [-0.1, -0.05) is 164 Å². The van der Waals surface area contributed by atoms with Gasteiger partial charge in [0, 0.05) is 32.8 Å². The smallest absolute Gasteiger partial charge is 0.164 e. The van der Waals surface area contributed by atoms with Crippen molar-refractivity contribution in [1.82, 2.24) is 15.0 Å². The molecular weight excluding hydrogens is 647 g/mol. The van der Waals surface area contributed by atoms with Crippen molar-refractivity contribution in [2.45, 2.75) is 0 Å². The van der Waals surface area contributed by atoms with E-state index in [1.807, 2.05) is 66.7 Å². The summed E-state index contributed by atoms with van der Waals surface area (Å²) in [6, 6.07) is 65.2. The Bertz CT molecular complexity index is 2880. The number of benzene rings is 8. The van der Waals surface area contributed by atoms with E-state index in [0.717, 1.165) is 77.2 Å². The number of rotatable bonds is 6. The van der Waals surface area contributed by atoms with E-state index in [4.69, 9.17) is 19.4 Å². The van der Waals surface area contributed by atoms with Gasteiger partial charge in [-0.2, -0.15) is 0 Å². The van der Waals surface area contributed by atoms with E-state index in [1.54, 1.807) is 0 Å². The first kappa shape index (κ1) is 30.6. The summed E-state index contributed by atoms with van der Waals surface area (Å²) in [5.41, 5.74) is 11.4. The van der Waals surface area contributed by atoms with Gasteiger partial charge in [-0.15, -0.1) is 0 Å². The maximum Gasteiger partial charge on any atom is 0.164 e. The van der Waals surface area contributed by atoms with Crippen LogP contribution in [0.2, 0.25) is 0 Å². The SMILES string of the molecule is c1ccc(-c2nc(-c3ccccc3)nc(-c3cccc(-c4cccc(-c5cc6cccc(-c7ccccc7)c6c6oc7ccccc7c56)c4)c3)n2)cc1. The van der Waals surface area contributed by atoms with Gasteiger partial charge in [0.2, 0.25) is 0 Å².